The van der Waals surface area contributed by atoms with Crippen LogP contribution in [0.2, 0.25) is 0 Å². The van der Waals surface area contributed by atoms with Gasteiger partial charge in [0.25, 0.3) is 0 Å². The Balaban J connectivity index is 4.34. The minimum Gasteiger partial charge on any atom is -0.457 e. The zero-order valence-electron chi connectivity index (χ0n) is 26.8. The van der Waals surface area contributed by atoms with Gasteiger partial charge >= 0.3 is 13.8 Å². The molecule has 2 atom stereocenters. The molecule has 0 saturated heterocycles. The van der Waals surface area contributed by atoms with Crippen molar-refractivity contribution < 1.29 is 37.3 Å². The molecule has 0 heterocycles. The van der Waals surface area contributed by atoms with E-state index in [0.29, 0.717) is 24.1 Å². The van der Waals surface area contributed by atoms with Gasteiger partial charge in [-0.25, -0.2) is 4.57 Å². The summed E-state index contributed by atoms with van der Waals surface area (Å²) in [6.45, 7) is 5.58. The van der Waals surface area contributed by atoms with Crippen LogP contribution >= 0.6 is 7.82 Å². The van der Waals surface area contributed by atoms with Gasteiger partial charge in [-0.2, -0.15) is 0 Å². The maximum atomic E-state index is 12.5. The Kier molecular flexibility index (Phi) is 25.8. The van der Waals surface area contributed by atoms with E-state index in [2.05, 4.69) is 13.8 Å². The number of carbonyl (C=O) groups is 1. The molecule has 1 N–H and O–H groups in total. The van der Waals surface area contributed by atoms with Crippen LogP contribution in [0.5, 0.6) is 0 Å². The van der Waals surface area contributed by atoms with Gasteiger partial charge in [0.2, 0.25) is 0 Å². The van der Waals surface area contributed by atoms with E-state index in [1.807, 2.05) is 21.1 Å². The summed E-state index contributed by atoms with van der Waals surface area (Å²) in [6, 6.07) is 0. The number of phosphoric ester groups is 1. The smallest absolute Gasteiger partial charge is 0.457 e. The molecule has 8 nitrogen and oxygen atoms in total. The van der Waals surface area contributed by atoms with Crippen molar-refractivity contribution in [2.24, 2.45) is 0 Å². The lowest BCUT2D eigenvalue weighted by Gasteiger charge is -2.24. The zero-order chi connectivity index (χ0) is 30.0. The molecule has 0 aliphatic rings. The van der Waals surface area contributed by atoms with E-state index in [1.54, 1.807) is 0 Å². The average molecular weight is 595 g/mol. The van der Waals surface area contributed by atoms with Gasteiger partial charge in [0.15, 0.2) is 0 Å². The maximum absolute atomic E-state index is 12.5. The van der Waals surface area contributed by atoms with Crippen molar-refractivity contribution >= 4 is 13.8 Å². The van der Waals surface area contributed by atoms with Crippen LogP contribution in [0.4, 0.5) is 0 Å². The fourth-order valence-electron chi connectivity index (χ4n) is 4.32. The molecule has 0 aromatic rings. The van der Waals surface area contributed by atoms with Gasteiger partial charge in [-0.3, -0.25) is 13.8 Å². The Morgan fingerprint density at radius 2 is 1.15 bits per heavy atom. The van der Waals surface area contributed by atoms with Crippen LogP contribution < -0.4 is 0 Å². The fraction of sp³-hybridized carbons (Fsp3) is 0.968. The number of phosphoric acid groups is 1. The lowest BCUT2D eigenvalue weighted by Crippen LogP contribution is -2.37. The monoisotopic (exact) mass is 594 g/mol. The van der Waals surface area contributed by atoms with Crippen LogP contribution in [0, 0.1) is 0 Å². The van der Waals surface area contributed by atoms with Crippen molar-refractivity contribution in [3.8, 4) is 0 Å². The Hall–Kier alpha value is -0.500. The molecule has 0 amide bonds. The third-order valence-corrected chi connectivity index (χ3v) is 7.90. The molecular weight excluding hydrogens is 529 g/mol. The molecule has 9 heteroatoms. The normalized spacial score (nSPS) is 14.2. The summed E-state index contributed by atoms with van der Waals surface area (Å²) in [6.07, 6.45) is 21.3. The van der Waals surface area contributed by atoms with Gasteiger partial charge in [-0.05, 0) is 12.8 Å². The minimum atomic E-state index is -4.24. The maximum Gasteiger partial charge on any atom is 0.472 e. The van der Waals surface area contributed by atoms with Crippen LogP contribution in [0.25, 0.3) is 0 Å². The molecule has 0 saturated carbocycles. The largest absolute Gasteiger partial charge is 0.472 e. The Morgan fingerprint density at radius 3 is 1.65 bits per heavy atom. The van der Waals surface area contributed by atoms with Crippen LogP contribution in [0.1, 0.15) is 136 Å². The highest BCUT2D eigenvalue weighted by molar-refractivity contribution is 7.47. The first-order chi connectivity index (χ1) is 19.1. The van der Waals surface area contributed by atoms with Crippen molar-refractivity contribution in [1.29, 1.82) is 0 Å². The van der Waals surface area contributed by atoms with Gasteiger partial charge in [0.1, 0.15) is 19.3 Å². The molecule has 2 unspecified atom stereocenters. The van der Waals surface area contributed by atoms with Crippen LogP contribution in [0.15, 0.2) is 0 Å². The molecule has 240 valence electrons. The van der Waals surface area contributed by atoms with E-state index >= 15 is 0 Å². The predicted molar refractivity (Wildman–Crippen MR) is 164 cm³/mol. The molecular formula is C31H65NO7P+. The second-order valence-corrected chi connectivity index (χ2v) is 13.7. The first-order valence-corrected chi connectivity index (χ1v) is 17.8. The summed E-state index contributed by atoms with van der Waals surface area (Å²) in [5.41, 5.74) is 0. The lowest BCUT2D eigenvalue weighted by atomic mass is 10.1. The van der Waals surface area contributed by atoms with Gasteiger partial charge in [-0.1, -0.05) is 117 Å². The summed E-state index contributed by atoms with van der Waals surface area (Å²) >= 11 is 0. The standard InChI is InChI=1S/C31H64NO7P/c1-6-8-10-12-14-15-16-17-18-20-22-24-31(33)39-30(28-36-26-23-21-19-13-11-9-7-2)29-38-40(34,35)37-27-25-32(3,4)5/h30H,6-29H2,1-5H3/p+1. The number of hydrogen-bond donors (Lipinski definition) is 1. The van der Waals surface area contributed by atoms with Crippen molar-refractivity contribution in [3.05, 3.63) is 0 Å². The van der Waals surface area contributed by atoms with E-state index in [1.165, 1.54) is 83.5 Å². The molecule has 0 radical (unpaired) electrons. The highest BCUT2D eigenvalue weighted by Gasteiger charge is 2.26. The minimum absolute atomic E-state index is 0.0926. The SMILES string of the molecule is CCCCCCCCCCCCCC(=O)OC(COCCCCCCCCC)COP(=O)(O)OCC[N+](C)(C)C. The summed E-state index contributed by atoms with van der Waals surface area (Å²) in [5, 5.41) is 0. The fourth-order valence-corrected chi connectivity index (χ4v) is 5.06. The number of ether oxygens (including phenoxy) is 2. The van der Waals surface area contributed by atoms with Crippen molar-refractivity contribution in [2.75, 3.05) is 54.1 Å². The van der Waals surface area contributed by atoms with E-state index in [4.69, 9.17) is 18.5 Å². The quantitative estimate of drug-likeness (QED) is 0.0388. The third kappa shape index (κ3) is 29.0. The Bertz CT molecular complexity index is 627. The topological polar surface area (TPSA) is 91.3 Å². The highest BCUT2D eigenvalue weighted by atomic mass is 31.2. The molecule has 0 rings (SSSR count). The number of quaternary nitrogens is 1. The summed E-state index contributed by atoms with van der Waals surface area (Å²) < 4.78 is 34.5. The summed E-state index contributed by atoms with van der Waals surface area (Å²) in [7, 11) is 1.67. The second-order valence-electron chi connectivity index (χ2n) is 12.2. The molecule has 0 fully saturated rings. The first kappa shape index (κ1) is 39.5. The van der Waals surface area contributed by atoms with Gasteiger partial charge in [-0.15, -0.1) is 0 Å². The molecule has 0 bridgehead atoms. The van der Waals surface area contributed by atoms with Crippen molar-refractivity contribution in [2.45, 2.75) is 142 Å². The van der Waals surface area contributed by atoms with E-state index in [-0.39, 0.29) is 25.8 Å². The first-order valence-electron chi connectivity index (χ1n) is 16.3. The van der Waals surface area contributed by atoms with Gasteiger partial charge in [0, 0.05) is 13.0 Å². The van der Waals surface area contributed by atoms with Gasteiger partial charge < -0.3 is 18.9 Å². The molecule has 40 heavy (non-hydrogen) atoms. The van der Waals surface area contributed by atoms with Crippen molar-refractivity contribution in [3.63, 3.8) is 0 Å². The number of rotatable bonds is 30. The number of likely N-dealkylation sites (N-methyl/N-ethyl adjacent to an activating group) is 1. The lowest BCUT2D eigenvalue weighted by molar-refractivity contribution is -0.870. The third-order valence-electron chi connectivity index (χ3n) is 6.92. The summed E-state index contributed by atoms with van der Waals surface area (Å²) in [5.74, 6) is -0.317. The summed E-state index contributed by atoms with van der Waals surface area (Å²) in [4.78, 5) is 22.5. The molecule has 0 spiro atoms. The van der Waals surface area contributed by atoms with Gasteiger partial charge in [0.05, 0.1) is 34.4 Å². The Labute approximate surface area is 247 Å². The number of nitrogens with zero attached hydrogens (tertiary/aromatic N) is 1. The average Bonchev–Trinajstić information content (AvgIpc) is 2.88. The molecule has 0 aromatic carbocycles. The number of hydrogen-bond acceptors (Lipinski definition) is 6. The van der Waals surface area contributed by atoms with E-state index in [0.717, 1.165) is 32.1 Å². The highest BCUT2D eigenvalue weighted by Crippen LogP contribution is 2.43. The van der Waals surface area contributed by atoms with Crippen LogP contribution in [-0.4, -0.2) is 75.6 Å². The van der Waals surface area contributed by atoms with Crippen LogP contribution in [-0.2, 0) is 27.9 Å². The second kappa shape index (κ2) is 26.2. The van der Waals surface area contributed by atoms with Crippen molar-refractivity contribution in [1.82, 2.24) is 0 Å². The number of esters is 1. The van der Waals surface area contributed by atoms with Crippen LogP contribution in [0.3, 0.4) is 0 Å². The molecule has 0 aliphatic heterocycles. The molecule has 0 aliphatic carbocycles. The predicted octanol–water partition coefficient (Wildman–Crippen LogP) is 8.21. The Morgan fingerprint density at radius 1 is 0.675 bits per heavy atom. The number of unbranched alkanes of at least 4 members (excludes halogenated alkanes) is 16. The number of carbonyl (C=O) groups excluding carboxylic acids is 1. The van der Waals surface area contributed by atoms with E-state index < -0.39 is 13.9 Å². The molecule has 0 aromatic heterocycles. The zero-order valence-corrected chi connectivity index (χ0v) is 27.7. The van der Waals surface area contributed by atoms with E-state index in [9.17, 15) is 14.3 Å².